The molecule has 0 saturated heterocycles. The zero-order chi connectivity index (χ0) is 21.2. The Morgan fingerprint density at radius 2 is 1.06 bits per heavy atom. The third kappa shape index (κ3) is 6.14. The number of halogens is 1. The zero-order valence-corrected chi connectivity index (χ0v) is 19.6. The average molecular weight is 447 g/mol. The number of rotatable bonds is 8. The first-order valence-corrected chi connectivity index (χ1v) is 12.1. The SMILES string of the molecule is C\C(C=O)=C/C=C/C=C(\C)C[P+](c1ccccc1)(c1ccccc1)c1ccccc1.[Cl-]. The Bertz CT molecular complexity index is 941. The first kappa shape index (κ1) is 24.5. The summed E-state index contributed by atoms with van der Waals surface area (Å²) < 4.78 is 0. The van der Waals surface area contributed by atoms with Crippen molar-refractivity contribution >= 4 is 29.5 Å². The molecule has 0 bridgehead atoms. The summed E-state index contributed by atoms with van der Waals surface area (Å²) in [6.45, 7) is 4.01. The van der Waals surface area contributed by atoms with E-state index in [-0.39, 0.29) is 12.4 Å². The number of benzene rings is 3. The van der Waals surface area contributed by atoms with Crippen LogP contribution in [0.1, 0.15) is 13.8 Å². The Labute approximate surface area is 193 Å². The van der Waals surface area contributed by atoms with E-state index in [0.717, 1.165) is 18.0 Å². The fourth-order valence-corrected chi connectivity index (χ4v) is 8.00. The molecule has 0 spiro atoms. The number of hydrogen-bond acceptors (Lipinski definition) is 1. The average Bonchev–Trinajstić information content (AvgIpc) is 2.82. The van der Waals surface area contributed by atoms with Gasteiger partial charge in [0.25, 0.3) is 0 Å². The largest absolute Gasteiger partial charge is 1.00 e. The lowest BCUT2D eigenvalue weighted by Crippen LogP contribution is -3.00. The maximum atomic E-state index is 10.8. The molecule has 0 fully saturated rings. The molecule has 0 radical (unpaired) electrons. The van der Waals surface area contributed by atoms with Gasteiger partial charge in [-0.25, -0.2) is 0 Å². The summed E-state index contributed by atoms with van der Waals surface area (Å²) in [6, 6.07) is 32.7. The van der Waals surface area contributed by atoms with Gasteiger partial charge in [-0.1, -0.05) is 78.9 Å². The smallest absolute Gasteiger partial charge is 0.145 e. The highest BCUT2D eigenvalue weighted by Crippen LogP contribution is 2.56. The van der Waals surface area contributed by atoms with E-state index < -0.39 is 7.26 Å². The van der Waals surface area contributed by atoms with Gasteiger partial charge in [0, 0.05) is 0 Å². The summed E-state index contributed by atoms with van der Waals surface area (Å²) in [6.07, 6.45) is 9.80. The van der Waals surface area contributed by atoms with Gasteiger partial charge in [-0.2, -0.15) is 0 Å². The quantitative estimate of drug-likeness (QED) is 0.225. The summed E-state index contributed by atoms with van der Waals surface area (Å²) >= 11 is 0. The molecule has 31 heavy (non-hydrogen) atoms. The van der Waals surface area contributed by atoms with Crippen LogP contribution in [0.4, 0.5) is 0 Å². The van der Waals surface area contributed by atoms with Crippen LogP contribution in [0.5, 0.6) is 0 Å². The van der Waals surface area contributed by atoms with Crippen molar-refractivity contribution < 1.29 is 17.2 Å². The Hall–Kier alpha value is -2.73. The van der Waals surface area contributed by atoms with Crippen molar-refractivity contribution in [1.82, 2.24) is 0 Å². The summed E-state index contributed by atoms with van der Waals surface area (Å²) in [4.78, 5) is 10.8. The molecule has 0 atom stereocenters. The van der Waals surface area contributed by atoms with Crippen molar-refractivity contribution in [2.45, 2.75) is 13.8 Å². The van der Waals surface area contributed by atoms with Gasteiger partial charge in [-0.3, -0.25) is 4.79 Å². The summed E-state index contributed by atoms with van der Waals surface area (Å²) in [5, 5.41) is 4.16. The number of aldehydes is 1. The Morgan fingerprint density at radius 1 is 0.677 bits per heavy atom. The van der Waals surface area contributed by atoms with E-state index in [1.54, 1.807) is 0 Å². The lowest BCUT2D eigenvalue weighted by molar-refractivity contribution is -0.104. The van der Waals surface area contributed by atoms with Gasteiger partial charge in [0.1, 0.15) is 29.5 Å². The highest BCUT2D eigenvalue weighted by molar-refractivity contribution is 7.95. The lowest BCUT2D eigenvalue weighted by atomic mass is 10.2. The van der Waals surface area contributed by atoms with Gasteiger partial charge in [-0.05, 0) is 61.4 Å². The van der Waals surface area contributed by atoms with Gasteiger partial charge in [-0.15, -0.1) is 0 Å². The van der Waals surface area contributed by atoms with Crippen LogP contribution in [-0.2, 0) is 4.79 Å². The van der Waals surface area contributed by atoms with E-state index in [4.69, 9.17) is 0 Å². The molecule has 0 aliphatic carbocycles. The predicted molar refractivity (Wildman–Crippen MR) is 133 cm³/mol. The van der Waals surface area contributed by atoms with E-state index in [0.29, 0.717) is 0 Å². The first-order chi connectivity index (χ1) is 14.7. The molecule has 0 heterocycles. The third-order valence-corrected chi connectivity index (χ3v) is 9.63. The highest BCUT2D eigenvalue weighted by Gasteiger charge is 2.45. The number of allylic oxidation sites excluding steroid dienone is 6. The minimum Gasteiger partial charge on any atom is -1.00 e. The normalized spacial score (nSPS) is 12.5. The second kappa shape index (κ2) is 12.2. The highest BCUT2D eigenvalue weighted by atomic mass is 35.5. The Morgan fingerprint density at radius 3 is 1.45 bits per heavy atom. The van der Waals surface area contributed by atoms with Crippen molar-refractivity contribution in [3.8, 4) is 0 Å². The van der Waals surface area contributed by atoms with Crippen molar-refractivity contribution in [1.29, 1.82) is 0 Å². The Kier molecular flexibility index (Phi) is 9.66. The molecule has 3 aromatic carbocycles. The molecule has 3 aromatic rings. The van der Waals surface area contributed by atoms with Crippen LogP contribution < -0.4 is 28.3 Å². The van der Waals surface area contributed by atoms with E-state index in [1.807, 2.05) is 25.2 Å². The molecule has 0 saturated carbocycles. The van der Waals surface area contributed by atoms with Crippen molar-refractivity contribution in [2.75, 3.05) is 6.16 Å². The summed E-state index contributed by atoms with van der Waals surface area (Å²) in [5.74, 6) is 0. The van der Waals surface area contributed by atoms with Crippen molar-refractivity contribution in [3.05, 3.63) is 126 Å². The summed E-state index contributed by atoms with van der Waals surface area (Å²) in [5.41, 5.74) is 2.03. The van der Waals surface area contributed by atoms with E-state index in [2.05, 4.69) is 104 Å². The first-order valence-electron chi connectivity index (χ1n) is 10.2. The molecule has 0 aromatic heterocycles. The Balaban J connectivity index is 0.00000341. The van der Waals surface area contributed by atoms with Crippen LogP contribution in [0.2, 0.25) is 0 Å². The molecular weight excluding hydrogens is 419 g/mol. The zero-order valence-electron chi connectivity index (χ0n) is 18.0. The molecule has 0 amide bonds. The minimum atomic E-state index is -1.86. The van der Waals surface area contributed by atoms with Gasteiger partial charge < -0.3 is 12.4 Å². The standard InChI is InChI=1S/C28H28OP.ClH/c1-24(22-29)14-12-13-15-25(2)23-30(26-16-6-3-7-17-26,27-18-8-4-9-19-27)28-20-10-5-11-21-28;/h3-22H,23H2,1-2H3;1H/q+1;/p-1/b13-12+,24-14+,25-15+;. The lowest BCUT2D eigenvalue weighted by Gasteiger charge is -2.28. The van der Waals surface area contributed by atoms with Gasteiger partial charge >= 0.3 is 0 Å². The van der Waals surface area contributed by atoms with Crippen LogP contribution in [-0.4, -0.2) is 12.4 Å². The van der Waals surface area contributed by atoms with Gasteiger partial charge in [0.2, 0.25) is 0 Å². The van der Waals surface area contributed by atoms with Crippen molar-refractivity contribution in [2.24, 2.45) is 0 Å². The maximum Gasteiger partial charge on any atom is 0.145 e. The van der Waals surface area contributed by atoms with Crippen LogP contribution >= 0.6 is 7.26 Å². The molecular formula is C28H28ClOP. The van der Waals surface area contributed by atoms with Crippen molar-refractivity contribution in [3.63, 3.8) is 0 Å². The molecule has 0 N–H and O–H groups in total. The molecule has 1 nitrogen and oxygen atoms in total. The van der Waals surface area contributed by atoms with Crippen LogP contribution in [0.3, 0.4) is 0 Å². The number of hydrogen-bond donors (Lipinski definition) is 0. The summed E-state index contributed by atoms with van der Waals surface area (Å²) in [7, 11) is -1.86. The van der Waals surface area contributed by atoms with Crippen LogP contribution in [0.25, 0.3) is 0 Å². The van der Waals surface area contributed by atoms with E-state index in [1.165, 1.54) is 21.5 Å². The molecule has 3 rings (SSSR count). The molecule has 0 aliphatic rings. The fourth-order valence-electron chi connectivity index (χ4n) is 3.66. The maximum absolute atomic E-state index is 10.8. The number of carbonyl (C=O) groups is 1. The van der Waals surface area contributed by atoms with Crippen LogP contribution in [0.15, 0.2) is 126 Å². The third-order valence-electron chi connectivity index (χ3n) is 5.11. The van der Waals surface area contributed by atoms with Crippen LogP contribution in [0, 0.1) is 0 Å². The second-order valence-corrected chi connectivity index (χ2v) is 10.9. The molecule has 0 aliphatic heterocycles. The van der Waals surface area contributed by atoms with Gasteiger partial charge in [0.15, 0.2) is 0 Å². The van der Waals surface area contributed by atoms with Gasteiger partial charge in [0.05, 0.1) is 6.16 Å². The fraction of sp³-hybridized carbons (Fsp3) is 0.107. The minimum absolute atomic E-state index is 0. The topological polar surface area (TPSA) is 17.1 Å². The van der Waals surface area contributed by atoms with E-state index in [9.17, 15) is 4.79 Å². The molecule has 0 unspecified atom stereocenters. The molecule has 3 heteroatoms. The molecule has 158 valence electrons. The predicted octanol–water partition coefficient (Wildman–Crippen LogP) is 2.63. The monoisotopic (exact) mass is 446 g/mol. The van der Waals surface area contributed by atoms with E-state index >= 15 is 0 Å². The number of carbonyl (C=O) groups excluding carboxylic acids is 1. The second-order valence-electron chi connectivity index (χ2n) is 7.40.